The molecule has 2 aromatic rings. The molecule has 1 heterocycles. The second-order valence-corrected chi connectivity index (χ2v) is 2.53. The number of hydrogen-bond acceptors (Lipinski definition) is 1. The Morgan fingerprint density at radius 3 is 2.92 bits per heavy atom. The van der Waals surface area contributed by atoms with Crippen LogP contribution in [0.15, 0.2) is 30.3 Å². The Hall–Kier alpha value is -1.77. The minimum Gasteiger partial charge on any atom is -0.341 e. The molecule has 0 bridgehead atoms. The van der Waals surface area contributed by atoms with E-state index in [-0.39, 0.29) is 0 Å². The highest BCUT2D eigenvalue weighted by molar-refractivity contribution is 5.86. The van der Waals surface area contributed by atoms with E-state index in [1.165, 1.54) is 0 Å². The summed E-state index contributed by atoms with van der Waals surface area (Å²) in [6, 6.07) is 9.75. The first-order chi connectivity index (χ1) is 5.90. The molecule has 0 atom stereocenters. The van der Waals surface area contributed by atoms with Gasteiger partial charge in [-0.05, 0) is 12.1 Å². The van der Waals surface area contributed by atoms with Crippen molar-refractivity contribution >= 4 is 23.1 Å². The van der Waals surface area contributed by atoms with Crippen LogP contribution in [0.25, 0.3) is 10.9 Å². The Morgan fingerprint density at radius 1 is 1.33 bits per heavy atom. The van der Waals surface area contributed by atoms with E-state index >= 15 is 0 Å². The van der Waals surface area contributed by atoms with Crippen LogP contribution in [0.3, 0.4) is 0 Å². The monoisotopic (exact) mass is 160 g/mol. The van der Waals surface area contributed by atoms with Crippen LogP contribution in [-0.4, -0.2) is 11.4 Å². The van der Waals surface area contributed by atoms with Crippen molar-refractivity contribution in [2.75, 3.05) is 5.32 Å². The van der Waals surface area contributed by atoms with Crippen molar-refractivity contribution < 1.29 is 4.79 Å². The standard InChI is InChI=1S/C9H8N2O/c12-6-10-9-5-7-3-1-2-4-8(7)11-9/h1-6,11H,(H,10,12). The maximum Gasteiger partial charge on any atom is 0.212 e. The molecule has 1 amide bonds. The van der Waals surface area contributed by atoms with Crippen molar-refractivity contribution in [1.82, 2.24) is 4.98 Å². The van der Waals surface area contributed by atoms with Gasteiger partial charge in [0.05, 0.1) is 0 Å². The van der Waals surface area contributed by atoms with E-state index in [2.05, 4.69) is 10.3 Å². The van der Waals surface area contributed by atoms with Crippen LogP contribution in [0.4, 0.5) is 5.82 Å². The van der Waals surface area contributed by atoms with Gasteiger partial charge in [-0.25, -0.2) is 0 Å². The first-order valence-corrected chi connectivity index (χ1v) is 3.68. The molecule has 0 saturated heterocycles. The lowest BCUT2D eigenvalue weighted by Crippen LogP contribution is -1.92. The summed E-state index contributed by atoms with van der Waals surface area (Å²) in [5, 5.41) is 3.66. The van der Waals surface area contributed by atoms with E-state index in [0.29, 0.717) is 6.41 Å². The molecule has 1 aromatic carbocycles. The molecule has 0 aliphatic rings. The molecule has 0 aliphatic carbocycles. The van der Waals surface area contributed by atoms with Crippen LogP contribution in [0, 0.1) is 0 Å². The fourth-order valence-electron chi connectivity index (χ4n) is 1.21. The molecule has 0 unspecified atom stereocenters. The molecular weight excluding hydrogens is 152 g/mol. The first-order valence-electron chi connectivity index (χ1n) is 3.68. The quantitative estimate of drug-likeness (QED) is 0.646. The lowest BCUT2D eigenvalue weighted by Gasteiger charge is -1.88. The number of para-hydroxylation sites is 1. The molecule has 0 aliphatic heterocycles. The van der Waals surface area contributed by atoms with Gasteiger partial charge in [0.2, 0.25) is 6.41 Å². The summed E-state index contributed by atoms with van der Waals surface area (Å²) in [7, 11) is 0. The Balaban J connectivity index is 2.54. The summed E-state index contributed by atoms with van der Waals surface area (Å²) in [5.41, 5.74) is 1.03. The minimum absolute atomic E-state index is 0.657. The molecule has 0 spiro atoms. The molecule has 0 radical (unpaired) electrons. The highest BCUT2D eigenvalue weighted by Gasteiger charge is 1.96. The third kappa shape index (κ3) is 1.05. The van der Waals surface area contributed by atoms with Gasteiger partial charge in [0.1, 0.15) is 5.82 Å². The van der Waals surface area contributed by atoms with Crippen molar-refractivity contribution in [3.63, 3.8) is 0 Å². The van der Waals surface area contributed by atoms with Crippen molar-refractivity contribution in [2.45, 2.75) is 0 Å². The Morgan fingerprint density at radius 2 is 2.17 bits per heavy atom. The molecule has 60 valence electrons. The number of benzene rings is 1. The fraction of sp³-hybridized carbons (Fsp3) is 0. The van der Waals surface area contributed by atoms with Gasteiger partial charge >= 0.3 is 0 Å². The number of aromatic nitrogens is 1. The van der Waals surface area contributed by atoms with Gasteiger partial charge in [0.25, 0.3) is 0 Å². The number of anilines is 1. The van der Waals surface area contributed by atoms with Crippen LogP contribution in [0.1, 0.15) is 0 Å². The zero-order chi connectivity index (χ0) is 8.39. The van der Waals surface area contributed by atoms with Gasteiger partial charge in [-0.3, -0.25) is 4.79 Å². The molecule has 0 fully saturated rings. The summed E-state index contributed by atoms with van der Waals surface area (Å²) < 4.78 is 0. The number of carbonyl (C=O) groups is 1. The largest absolute Gasteiger partial charge is 0.341 e. The number of amides is 1. The summed E-state index contributed by atoms with van der Waals surface area (Å²) in [6.07, 6.45) is 0.657. The Bertz CT molecular complexity index is 373. The molecule has 12 heavy (non-hydrogen) atoms. The number of carbonyl (C=O) groups excluding carboxylic acids is 1. The van der Waals surface area contributed by atoms with Crippen molar-refractivity contribution in [1.29, 1.82) is 0 Å². The normalized spacial score (nSPS) is 10.0. The summed E-state index contributed by atoms with van der Waals surface area (Å²) in [4.78, 5) is 13.2. The maximum atomic E-state index is 10.1. The molecule has 0 saturated carbocycles. The zero-order valence-corrected chi connectivity index (χ0v) is 6.37. The maximum absolute atomic E-state index is 10.1. The number of rotatable bonds is 2. The zero-order valence-electron chi connectivity index (χ0n) is 6.37. The summed E-state index contributed by atoms with van der Waals surface area (Å²) >= 11 is 0. The third-order valence-corrected chi connectivity index (χ3v) is 1.74. The topological polar surface area (TPSA) is 44.9 Å². The molecule has 1 aromatic heterocycles. The van der Waals surface area contributed by atoms with Gasteiger partial charge < -0.3 is 10.3 Å². The Kier molecular flexibility index (Phi) is 1.55. The van der Waals surface area contributed by atoms with Crippen molar-refractivity contribution in [3.8, 4) is 0 Å². The Labute approximate surface area is 69.4 Å². The van der Waals surface area contributed by atoms with Crippen molar-refractivity contribution in [2.24, 2.45) is 0 Å². The van der Waals surface area contributed by atoms with Gasteiger partial charge in [-0.2, -0.15) is 0 Å². The number of aromatic amines is 1. The fourth-order valence-corrected chi connectivity index (χ4v) is 1.21. The van der Waals surface area contributed by atoms with Crippen LogP contribution in [0.2, 0.25) is 0 Å². The van der Waals surface area contributed by atoms with Crippen LogP contribution in [0.5, 0.6) is 0 Å². The number of H-pyrrole nitrogens is 1. The molecule has 2 rings (SSSR count). The predicted molar refractivity (Wildman–Crippen MR) is 48.0 cm³/mol. The molecular formula is C9H8N2O. The van der Waals surface area contributed by atoms with Crippen LogP contribution >= 0.6 is 0 Å². The lowest BCUT2D eigenvalue weighted by molar-refractivity contribution is -0.105. The van der Waals surface area contributed by atoms with Gasteiger partial charge in [0.15, 0.2) is 0 Å². The summed E-state index contributed by atoms with van der Waals surface area (Å²) in [6.45, 7) is 0. The number of hydrogen-bond donors (Lipinski definition) is 2. The first kappa shape index (κ1) is 6.91. The minimum atomic E-state index is 0.657. The van der Waals surface area contributed by atoms with E-state index < -0.39 is 0 Å². The van der Waals surface area contributed by atoms with Gasteiger partial charge in [-0.1, -0.05) is 18.2 Å². The van der Waals surface area contributed by atoms with Crippen LogP contribution < -0.4 is 5.32 Å². The van der Waals surface area contributed by atoms with E-state index in [0.717, 1.165) is 16.7 Å². The third-order valence-electron chi connectivity index (χ3n) is 1.74. The number of nitrogens with one attached hydrogen (secondary N) is 2. The molecule has 2 N–H and O–H groups in total. The second kappa shape index (κ2) is 2.70. The lowest BCUT2D eigenvalue weighted by atomic mass is 10.2. The highest BCUT2D eigenvalue weighted by Crippen LogP contribution is 2.16. The van der Waals surface area contributed by atoms with E-state index in [1.807, 2.05) is 30.3 Å². The van der Waals surface area contributed by atoms with Gasteiger partial charge in [-0.15, -0.1) is 0 Å². The SMILES string of the molecule is O=CNc1cc2ccccc2[nH]1. The average molecular weight is 160 g/mol. The summed E-state index contributed by atoms with van der Waals surface area (Å²) in [5.74, 6) is 0.728. The average Bonchev–Trinajstić information content (AvgIpc) is 2.47. The van der Waals surface area contributed by atoms with E-state index in [9.17, 15) is 4.79 Å². The van der Waals surface area contributed by atoms with Crippen LogP contribution in [-0.2, 0) is 4.79 Å². The van der Waals surface area contributed by atoms with Gasteiger partial charge in [0, 0.05) is 10.9 Å². The highest BCUT2D eigenvalue weighted by atomic mass is 16.1. The smallest absolute Gasteiger partial charge is 0.212 e. The predicted octanol–water partition coefficient (Wildman–Crippen LogP) is 1.74. The van der Waals surface area contributed by atoms with E-state index in [4.69, 9.17) is 0 Å². The number of fused-ring (bicyclic) bond motifs is 1. The molecule has 3 nitrogen and oxygen atoms in total. The second-order valence-electron chi connectivity index (χ2n) is 2.53. The van der Waals surface area contributed by atoms with E-state index in [1.54, 1.807) is 0 Å². The molecule has 3 heteroatoms. The van der Waals surface area contributed by atoms with Crippen molar-refractivity contribution in [3.05, 3.63) is 30.3 Å².